The highest BCUT2D eigenvalue weighted by Gasteiger charge is 2.19. The zero-order chi connectivity index (χ0) is 15.2. The minimum absolute atomic E-state index is 0.148. The number of nitrogens with zero attached hydrogens (tertiary/aromatic N) is 2. The van der Waals surface area contributed by atoms with Crippen LogP contribution in [0.5, 0.6) is 0 Å². The summed E-state index contributed by atoms with van der Waals surface area (Å²) >= 11 is 3.42. The van der Waals surface area contributed by atoms with Gasteiger partial charge in [-0.2, -0.15) is 5.10 Å². The summed E-state index contributed by atoms with van der Waals surface area (Å²) in [7, 11) is 3.72. The van der Waals surface area contributed by atoms with Gasteiger partial charge in [-0.15, -0.1) is 0 Å². The number of ketones is 1. The van der Waals surface area contributed by atoms with Gasteiger partial charge >= 0.3 is 0 Å². The van der Waals surface area contributed by atoms with Crippen molar-refractivity contribution in [1.82, 2.24) is 5.01 Å². The Labute approximate surface area is 134 Å². The first kappa shape index (κ1) is 15.7. The fourth-order valence-electron chi connectivity index (χ4n) is 2.22. The molecule has 1 aliphatic carbocycles. The minimum atomic E-state index is 0.148. The molecular formula is C17H19BrN2O. The Morgan fingerprint density at radius 3 is 2.48 bits per heavy atom. The summed E-state index contributed by atoms with van der Waals surface area (Å²) in [5.41, 5.74) is 2.79. The Morgan fingerprint density at radius 1 is 1.14 bits per heavy atom. The second kappa shape index (κ2) is 7.36. The second-order valence-corrected chi connectivity index (χ2v) is 6.12. The van der Waals surface area contributed by atoms with Crippen molar-refractivity contribution in [3.8, 4) is 0 Å². The largest absolute Gasteiger partial charge is 0.303 e. The molecule has 0 unspecified atom stereocenters. The molecule has 1 aromatic rings. The van der Waals surface area contributed by atoms with E-state index in [1.54, 1.807) is 11.2 Å². The molecule has 1 fully saturated rings. The lowest BCUT2D eigenvalue weighted by Gasteiger charge is -2.16. The summed E-state index contributed by atoms with van der Waals surface area (Å²) in [5, 5.41) is 5.84. The van der Waals surface area contributed by atoms with E-state index in [-0.39, 0.29) is 5.78 Å². The average Bonchev–Trinajstić information content (AvgIpc) is 2.45. The second-order valence-electron chi connectivity index (χ2n) is 5.21. The molecule has 1 aromatic carbocycles. The molecule has 0 N–H and O–H groups in total. The summed E-state index contributed by atoms with van der Waals surface area (Å²) in [6.45, 7) is 0. The van der Waals surface area contributed by atoms with E-state index in [0.717, 1.165) is 40.4 Å². The summed E-state index contributed by atoms with van der Waals surface area (Å²) in [6, 6.07) is 7.99. The van der Waals surface area contributed by atoms with E-state index in [4.69, 9.17) is 0 Å². The van der Waals surface area contributed by atoms with Crippen molar-refractivity contribution in [1.29, 1.82) is 0 Å². The summed E-state index contributed by atoms with van der Waals surface area (Å²) in [4.78, 5) is 12.5. The van der Waals surface area contributed by atoms with Crippen molar-refractivity contribution in [3.05, 3.63) is 51.5 Å². The molecule has 0 saturated heterocycles. The zero-order valence-electron chi connectivity index (χ0n) is 12.3. The highest BCUT2D eigenvalue weighted by molar-refractivity contribution is 9.10. The van der Waals surface area contributed by atoms with E-state index < -0.39 is 0 Å². The first-order chi connectivity index (χ1) is 10.1. The minimum Gasteiger partial charge on any atom is -0.303 e. The lowest BCUT2D eigenvalue weighted by atomic mass is 9.88. The van der Waals surface area contributed by atoms with Crippen LogP contribution in [0.4, 0.5) is 0 Å². The Hall–Kier alpha value is -1.68. The third-order valence-electron chi connectivity index (χ3n) is 3.26. The maximum absolute atomic E-state index is 12.5. The average molecular weight is 347 g/mol. The van der Waals surface area contributed by atoms with Crippen molar-refractivity contribution in [2.45, 2.75) is 19.3 Å². The highest BCUT2D eigenvalue weighted by Crippen LogP contribution is 2.26. The molecule has 0 aliphatic heterocycles. The molecule has 2 rings (SSSR count). The Balaban J connectivity index is 2.18. The molecule has 0 atom stereocenters. The standard InChI is InChI=1S/C17H19BrN2O/c1-20(2)19-11-10-14-4-3-5-15(17(14)21)12-13-6-8-16(18)9-7-13/h6-12H,3-5H2,1-2H3/b14-10+,15-12-,19-11-. The van der Waals surface area contributed by atoms with E-state index in [2.05, 4.69) is 21.0 Å². The van der Waals surface area contributed by atoms with Gasteiger partial charge in [0.2, 0.25) is 0 Å². The quantitative estimate of drug-likeness (QED) is 0.469. The number of hydrogen-bond donors (Lipinski definition) is 0. The van der Waals surface area contributed by atoms with Gasteiger partial charge in [-0.1, -0.05) is 28.1 Å². The molecule has 1 aliphatic rings. The fourth-order valence-corrected chi connectivity index (χ4v) is 2.48. The van der Waals surface area contributed by atoms with Crippen molar-refractivity contribution in [2.24, 2.45) is 5.10 Å². The number of halogens is 1. The van der Waals surface area contributed by atoms with Gasteiger partial charge in [-0.05, 0) is 49.1 Å². The van der Waals surface area contributed by atoms with Gasteiger partial charge < -0.3 is 5.01 Å². The van der Waals surface area contributed by atoms with Gasteiger partial charge in [0.15, 0.2) is 5.78 Å². The van der Waals surface area contributed by atoms with Crippen LogP contribution in [-0.4, -0.2) is 31.1 Å². The number of carbonyl (C=O) groups is 1. The molecule has 21 heavy (non-hydrogen) atoms. The van der Waals surface area contributed by atoms with E-state index in [1.165, 1.54) is 0 Å². The van der Waals surface area contributed by atoms with Crippen molar-refractivity contribution >= 4 is 34.0 Å². The van der Waals surface area contributed by atoms with Crippen LogP contribution in [0.2, 0.25) is 0 Å². The SMILES string of the molecule is CN(C)/N=C\C=C1/CCC/C(=C/c2ccc(Br)cc2)C1=O. The van der Waals surface area contributed by atoms with Crippen LogP contribution < -0.4 is 0 Å². The molecule has 4 heteroatoms. The monoisotopic (exact) mass is 346 g/mol. The van der Waals surface area contributed by atoms with E-state index in [1.807, 2.05) is 50.5 Å². The molecule has 0 amide bonds. The number of hydrazone groups is 1. The number of Topliss-reactive ketones (excluding diaryl/α,β-unsaturated/α-hetero) is 1. The van der Waals surface area contributed by atoms with Crippen molar-refractivity contribution in [2.75, 3.05) is 14.1 Å². The van der Waals surface area contributed by atoms with Crippen LogP contribution in [0.1, 0.15) is 24.8 Å². The predicted molar refractivity (Wildman–Crippen MR) is 91.2 cm³/mol. The maximum atomic E-state index is 12.5. The smallest absolute Gasteiger partial charge is 0.185 e. The van der Waals surface area contributed by atoms with Crippen LogP contribution >= 0.6 is 15.9 Å². The lowest BCUT2D eigenvalue weighted by Crippen LogP contribution is -2.12. The van der Waals surface area contributed by atoms with Gasteiger partial charge in [-0.25, -0.2) is 0 Å². The van der Waals surface area contributed by atoms with Gasteiger partial charge in [0.25, 0.3) is 0 Å². The predicted octanol–water partition coefficient (Wildman–Crippen LogP) is 4.06. The van der Waals surface area contributed by atoms with Crippen LogP contribution in [-0.2, 0) is 4.79 Å². The van der Waals surface area contributed by atoms with E-state index in [9.17, 15) is 4.79 Å². The Morgan fingerprint density at radius 2 is 1.81 bits per heavy atom. The van der Waals surface area contributed by atoms with Crippen LogP contribution in [0.25, 0.3) is 6.08 Å². The Bertz CT molecular complexity index is 598. The maximum Gasteiger partial charge on any atom is 0.185 e. The van der Waals surface area contributed by atoms with Crippen LogP contribution in [0.3, 0.4) is 0 Å². The first-order valence-corrected chi connectivity index (χ1v) is 7.77. The number of benzene rings is 1. The van der Waals surface area contributed by atoms with Gasteiger partial charge in [-0.3, -0.25) is 4.79 Å². The number of carbonyl (C=O) groups excluding carboxylic acids is 1. The zero-order valence-corrected chi connectivity index (χ0v) is 13.9. The third kappa shape index (κ3) is 4.67. The number of rotatable bonds is 3. The lowest BCUT2D eigenvalue weighted by molar-refractivity contribution is -0.112. The molecule has 0 heterocycles. The van der Waals surface area contributed by atoms with Crippen LogP contribution in [0.15, 0.2) is 51.1 Å². The van der Waals surface area contributed by atoms with Crippen molar-refractivity contribution < 1.29 is 4.79 Å². The molecule has 3 nitrogen and oxygen atoms in total. The van der Waals surface area contributed by atoms with Gasteiger partial charge in [0.05, 0.1) is 0 Å². The van der Waals surface area contributed by atoms with Gasteiger partial charge in [0, 0.05) is 35.9 Å². The summed E-state index contributed by atoms with van der Waals surface area (Å²) in [5.74, 6) is 0.148. The fraction of sp³-hybridized carbons (Fsp3) is 0.294. The molecule has 0 aromatic heterocycles. The molecule has 110 valence electrons. The molecule has 1 saturated carbocycles. The molecule has 0 radical (unpaired) electrons. The van der Waals surface area contributed by atoms with E-state index in [0.29, 0.717) is 0 Å². The first-order valence-electron chi connectivity index (χ1n) is 6.97. The molecular weight excluding hydrogens is 328 g/mol. The Kier molecular flexibility index (Phi) is 5.51. The molecule has 0 bridgehead atoms. The third-order valence-corrected chi connectivity index (χ3v) is 3.79. The van der Waals surface area contributed by atoms with Crippen molar-refractivity contribution in [3.63, 3.8) is 0 Å². The van der Waals surface area contributed by atoms with Crippen LogP contribution in [0, 0.1) is 0 Å². The number of hydrogen-bond acceptors (Lipinski definition) is 3. The molecule has 0 spiro atoms. The topological polar surface area (TPSA) is 32.7 Å². The van der Waals surface area contributed by atoms with E-state index >= 15 is 0 Å². The van der Waals surface area contributed by atoms with Gasteiger partial charge in [0.1, 0.15) is 0 Å². The summed E-state index contributed by atoms with van der Waals surface area (Å²) in [6.07, 6.45) is 8.19. The number of allylic oxidation sites excluding steroid dienone is 3. The summed E-state index contributed by atoms with van der Waals surface area (Å²) < 4.78 is 1.04. The normalized spacial score (nSPS) is 19.7. The highest BCUT2D eigenvalue weighted by atomic mass is 79.9.